The number of aliphatic hydroxyl groups excluding tert-OH is 1. The van der Waals surface area contributed by atoms with Crippen LogP contribution in [0.3, 0.4) is 0 Å². The number of benzene rings is 1. The molecule has 0 aromatic heterocycles. The van der Waals surface area contributed by atoms with E-state index in [9.17, 15) is 9.18 Å². The van der Waals surface area contributed by atoms with Gasteiger partial charge >= 0.3 is 0 Å². The van der Waals surface area contributed by atoms with E-state index in [1.54, 1.807) is 18.2 Å². The summed E-state index contributed by atoms with van der Waals surface area (Å²) >= 11 is 0. The van der Waals surface area contributed by atoms with Crippen LogP contribution in [0.2, 0.25) is 0 Å². The topological polar surface area (TPSA) is 49.3 Å². The van der Waals surface area contributed by atoms with Gasteiger partial charge in [-0.1, -0.05) is 18.2 Å². The van der Waals surface area contributed by atoms with E-state index in [4.69, 9.17) is 5.11 Å². The van der Waals surface area contributed by atoms with Crippen LogP contribution in [0.1, 0.15) is 24.8 Å². The molecule has 3 nitrogen and oxygen atoms in total. The van der Waals surface area contributed by atoms with Crippen LogP contribution in [0.4, 0.5) is 4.39 Å². The molecule has 1 fully saturated rings. The first-order valence-electron chi connectivity index (χ1n) is 6.26. The second-order valence-electron chi connectivity index (χ2n) is 5.03. The summed E-state index contributed by atoms with van der Waals surface area (Å²) in [4.78, 5) is 11.6. The van der Waals surface area contributed by atoms with Crippen molar-refractivity contribution in [2.24, 2.45) is 5.41 Å². The van der Waals surface area contributed by atoms with Gasteiger partial charge in [-0.2, -0.15) is 0 Å². The van der Waals surface area contributed by atoms with E-state index in [0.717, 1.165) is 12.8 Å². The minimum Gasteiger partial charge on any atom is -0.396 e. The maximum atomic E-state index is 13.3. The number of aliphatic hydroxyl groups is 1. The largest absolute Gasteiger partial charge is 0.396 e. The van der Waals surface area contributed by atoms with Gasteiger partial charge in [0.25, 0.3) is 0 Å². The van der Waals surface area contributed by atoms with Gasteiger partial charge in [-0.05, 0) is 30.9 Å². The van der Waals surface area contributed by atoms with E-state index in [1.807, 2.05) is 0 Å². The predicted octanol–water partition coefficient (Wildman–Crippen LogP) is 1.65. The lowest BCUT2D eigenvalue weighted by atomic mass is 10.1. The van der Waals surface area contributed by atoms with Crippen LogP contribution in [-0.4, -0.2) is 24.2 Å². The van der Waals surface area contributed by atoms with Crippen molar-refractivity contribution in [2.45, 2.75) is 25.7 Å². The van der Waals surface area contributed by atoms with Gasteiger partial charge < -0.3 is 10.4 Å². The van der Waals surface area contributed by atoms with Crippen LogP contribution in [-0.2, 0) is 11.2 Å². The van der Waals surface area contributed by atoms with Crippen LogP contribution in [0.5, 0.6) is 0 Å². The second kappa shape index (κ2) is 5.48. The van der Waals surface area contributed by atoms with Gasteiger partial charge in [-0.15, -0.1) is 0 Å². The normalized spacial score (nSPS) is 16.3. The Balaban J connectivity index is 1.74. The Bertz CT molecular complexity index is 430. The van der Waals surface area contributed by atoms with Crippen molar-refractivity contribution in [2.75, 3.05) is 13.2 Å². The zero-order valence-electron chi connectivity index (χ0n) is 10.3. The third kappa shape index (κ3) is 3.29. The molecule has 0 saturated heterocycles. The monoisotopic (exact) mass is 251 g/mol. The highest BCUT2D eigenvalue weighted by molar-refractivity contribution is 5.76. The molecular formula is C14H18FNO2. The standard InChI is InChI=1S/C14H18FNO2/c15-12-4-2-1-3-11(12)5-6-13(18)16-9-14(10-17)7-8-14/h1-4,17H,5-10H2,(H,16,18). The molecule has 0 radical (unpaired) electrons. The molecule has 2 N–H and O–H groups in total. The number of hydrogen-bond acceptors (Lipinski definition) is 2. The van der Waals surface area contributed by atoms with Crippen LogP contribution < -0.4 is 5.32 Å². The number of carbonyl (C=O) groups is 1. The summed E-state index contributed by atoms with van der Waals surface area (Å²) in [5, 5.41) is 11.9. The van der Waals surface area contributed by atoms with E-state index >= 15 is 0 Å². The molecule has 98 valence electrons. The molecule has 1 aromatic carbocycles. The Morgan fingerprint density at radius 3 is 2.72 bits per heavy atom. The third-order valence-electron chi connectivity index (χ3n) is 3.53. The van der Waals surface area contributed by atoms with Crippen molar-refractivity contribution >= 4 is 5.91 Å². The SMILES string of the molecule is O=C(CCc1ccccc1F)NCC1(CO)CC1. The average Bonchev–Trinajstić information content (AvgIpc) is 3.16. The molecule has 0 heterocycles. The number of rotatable bonds is 6. The summed E-state index contributed by atoms with van der Waals surface area (Å²) in [6.07, 6.45) is 2.63. The van der Waals surface area contributed by atoms with Crippen LogP contribution in [0.25, 0.3) is 0 Å². The molecule has 1 saturated carbocycles. The highest BCUT2D eigenvalue weighted by atomic mass is 19.1. The Kier molecular flexibility index (Phi) is 3.97. The van der Waals surface area contributed by atoms with Gasteiger partial charge in [0.2, 0.25) is 5.91 Å². The van der Waals surface area contributed by atoms with Crippen molar-refractivity contribution in [3.63, 3.8) is 0 Å². The van der Waals surface area contributed by atoms with Crippen molar-refractivity contribution in [3.8, 4) is 0 Å². The maximum absolute atomic E-state index is 13.3. The zero-order valence-corrected chi connectivity index (χ0v) is 10.3. The first-order chi connectivity index (χ1) is 8.65. The minimum absolute atomic E-state index is 0.0757. The highest BCUT2D eigenvalue weighted by Gasteiger charge is 2.41. The molecule has 0 atom stereocenters. The molecule has 4 heteroatoms. The Labute approximate surface area is 106 Å². The molecule has 0 spiro atoms. The fraction of sp³-hybridized carbons (Fsp3) is 0.500. The maximum Gasteiger partial charge on any atom is 0.220 e. The Hall–Kier alpha value is -1.42. The fourth-order valence-corrected chi connectivity index (χ4v) is 1.89. The summed E-state index contributed by atoms with van der Waals surface area (Å²) in [5.74, 6) is -0.350. The summed E-state index contributed by atoms with van der Waals surface area (Å²) in [7, 11) is 0. The molecule has 1 aliphatic rings. The quantitative estimate of drug-likeness (QED) is 0.807. The number of halogens is 1. The van der Waals surface area contributed by atoms with Crippen molar-refractivity contribution in [3.05, 3.63) is 35.6 Å². The van der Waals surface area contributed by atoms with Crippen molar-refractivity contribution in [1.82, 2.24) is 5.32 Å². The van der Waals surface area contributed by atoms with Crippen LogP contribution in [0.15, 0.2) is 24.3 Å². The number of amides is 1. The summed E-state index contributed by atoms with van der Waals surface area (Å²) < 4.78 is 13.3. The molecule has 0 bridgehead atoms. The molecule has 1 aromatic rings. The summed E-state index contributed by atoms with van der Waals surface area (Å²) in [5.41, 5.74) is 0.490. The van der Waals surface area contributed by atoms with Gasteiger partial charge in [0, 0.05) is 18.4 Å². The number of aryl methyl sites for hydroxylation is 1. The van der Waals surface area contributed by atoms with Crippen LogP contribution in [0, 0.1) is 11.2 Å². The number of hydrogen-bond donors (Lipinski definition) is 2. The van der Waals surface area contributed by atoms with E-state index in [2.05, 4.69) is 5.32 Å². The van der Waals surface area contributed by atoms with E-state index in [1.165, 1.54) is 6.07 Å². The Morgan fingerprint density at radius 2 is 2.11 bits per heavy atom. The molecular weight excluding hydrogens is 233 g/mol. The van der Waals surface area contributed by atoms with Crippen molar-refractivity contribution in [1.29, 1.82) is 0 Å². The van der Waals surface area contributed by atoms with Gasteiger partial charge in [-0.3, -0.25) is 4.79 Å². The molecule has 1 amide bonds. The number of nitrogens with one attached hydrogen (secondary N) is 1. The smallest absolute Gasteiger partial charge is 0.220 e. The number of carbonyl (C=O) groups excluding carboxylic acids is 1. The lowest BCUT2D eigenvalue weighted by molar-refractivity contribution is -0.121. The predicted molar refractivity (Wildman–Crippen MR) is 66.5 cm³/mol. The van der Waals surface area contributed by atoms with Gasteiger partial charge in [0.15, 0.2) is 0 Å². The lowest BCUT2D eigenvalue weighted by Gasteiger charge is -2.12. The van der Waals surface area contributed by atoms with Gasteiger partial charge in [0.05, 0.1) is 6.61 Å². The van der Waals surface area contributed by atoms with Gasteiger partial charge in [-0.25, -0.2) is 4.39 Å². The first kappa shape index (κ1) is 13.0. The molecule has 0 aliphatic heterocycles. The lowest BCUT2D eigenvalue weighted by Crippen LogP contribution is -2.32. The van der Waals surface area contributed by atoms with E-state index in [0.29, 0.717) is 18.5 Å². The zero-order chi connectivity index (χ0) is 13.0. The van der Waals surface area contributed by atoms with Gasteiger partial charge in [0.1, 0.15) is 5.82 Å². The summed E-state index contributed by atoms with van der Waals surface area (Å²) in [6.45, 7) is 0.653. The molecule has 1 aliphatic carbocycles. The average molecular weight is 251 g/mol. The summed E-state index contributed by atoms with van der Waals surface area (Å²) in [6, 6.07) is 6.50. The molecule has 18 heavy (non-hydrogen) atoms. The highest BCUT2D eigenvalue weighted by Crippen LogP contribution is 2.44. The third-order valence-corrected chi connectivity index (χ3v) is 3.53. The van der Waals surface area contributed by atoms with Crippen LogP contribution >= 0.6 is 0 Å². The fourth-order valence-electron chi connectivity index (χ4n) is 1.89. The first-order valence-corrected chi connectivity index (χ1v) is 6.26. The van der Waals surface area contributed by atoms with Crippen molar-refractivity contribution < 1.29 is 14.3 Å². The molecule has 0 unspecified atom stereocenters. The molecule has 2 rings (SSSR count). The Morgan fingerprint density at radius 1 is 1.39 bits per heavy atom. The second-order valence-corrected chi connectivity index (χ2v) is 5.03. The minimum atomic E-state index is -0.265. The van der Waals surface area contributed by atoms with E-state index < -0.39 is 0 Å². The van der Waals surface area contributed by atoms with E-state index in [-0.39, 0.29) is 30.2 Å².